The van der Waals surface area contributed by atoms with Crippen molar-refractivity contribution in [2.75, 3.05) is 6.54 Å². The lowest BCUT2D eigenvalue weighted by Crippen LogP contribution is -2.40. The number of aliphatic carboxylic acids is 1. The number of nitrogens with one attached hydrogen (secondary N) is 1. The number of hydrogen-bond acceptors (Lipinski definition) is 5. The average Bonchev–Trinajstić information content (AvgIpc) is 3.17. The number of rotatable bonds is 42. The second-order valence-corrected chi connectivity index (χ2v) is 15.8. The summed E-state index contributed by atoms with van der Waals surface area (Å²) in [5.41, 5.74) is 5.49. The van der Waals surface area contributed by atoms with Crippen LogP contribution in [0.3, 0.4) is 0 Å². The smallest absolute Gasteiger partial charge is 0.326 e. The van der Waals surface area contributed by atoms with Crippen LogP contribution in [-0.4, -0.2) is 41.6 Å². The molecule has 320 valence electrons. The molecule has 0 spiro atoms. The first-order chi connectivity index (χ1) is 26.9. The molecule has 0 saturated heterocycles. The Hall–Kier alpha value is -2.41. The van der Waals surface area contributed by atoms with Crippen LogP contribution in [0.2, 0.25) is 0 Å². The highest BCUT2D eigenvalue weighted by atomic mass is 16.5. The Labute approximate surface area is 339 Å². The number of esters is 1. The second kappa shape index (κ2) is 42.7. The largest absolute Gasteiger partial charge is 0.480 e. The van der Waals surface area contributed by atoms with Crippen molar-refractivity contribution >= 4 is 17.8 Å². The third kappa shape index (κ3) is 39.6. The standard InChI is InChI=1S/C48H88N2O5/c1-3-5-7-9-11-13-15-16-17-18-19-20-21-22-23-25-27-32-36-42-47(52)55-44(38-33-29-26-24-14-12-10-8-6-4-2)39-34-30-28-31-35-41-46(51)50-45(48(53)54)40-37-43-49/h11,13,16-17,19-20,44-45H,3-10,12,14-15,18,21-43,49H2,1-2H3,(H,50,51)(H,53,54)/b13-11-,17-16-,20-19-. The van der Waals surface area contributed by atoms with Crippen LogP contribution in [0.25, 0.3) is 0 Å². The zero-order valence-electron chi connectivity index (χ0n) is 36.0. The highest BCUT2D eigenvalue weighted by Crippen LogP contribution is 2.19. The van der Waals surface area contributed by atoms with Gasteiger partial charge in [-0.05, 0) is 96.4 Å². The van der Waals surface area contributed by atoms with E-state index in [1.807, 2.05) is 0 Å². The summed E-state index contributed by atoms with van der Waals surface area (Å²) in [5.74, 6) is -1.24. The van der Waals surface area contributed by atoms with Gasteiger partial charge in [-0.15, -0.1) is 0 Å². The molecule has 0 aromatic carbocycles. The van der Waals surface area contributed by atoms with E-state index >= 15 is 0 Å². The van der Waals surface area contributed by atoms with Gasteiger partial charge in [-0.3, -0.25) is 9.59 Å². The second-order valence-electron chi connectivity index (χ2n) is 15.8. The van der Waals surface area contributed by atoms with Crippen molar-refractivity contribution in [2.24, 2.45) is 5.73 Å². The van der Waals surface area contributed by atoms with Crippen LogP contribution in [0.4, 0.5) is 0 Å². The summed E-state index contributed by atoms with van der Waals surface area (Å²) >= 11 is 0. The molecule has 0 bridgehead atoms. The summed E-state index contributed by atoms with van der Waals surface area (Å²) in [6.07, 6.45) is 50.4. The van der Waals surface area contributed by atoms with E-state index in [0.717, 1.165) is 83.5 Å². The summed E-state index contributed by atoms with van der Waals surface area (Å²) in [6.45, 7) is 4.92. The Bertz CT molecular complexity index is 962. The Balaban J connectivity index is 4.25. The molecule has 7 nitrogen and oxygen atoms in total. The van der Waals surface area contributed by atoms with Crippen LogP contribution in [0.15, 0.2) is 36.5 Å². The predicted molar refractivity (Wildman–Crippen MR) is 234 cm³/mol. The fraction of sp³-hybridized carbons (Fsp3) is 0.812. The molecule has 2 atom stereocenters. The van der Waals surface area contributed by atoms with Crippen molar-refractivity contribution in [1.82, 2.24) is 5.32 Å². The van der Waals surface area contributed by atoms with Crippen molar-refractivity contribution in [3.05, 3.63) is 36.5 Å². The molecule has 0 aliphatic rings. The number of carboxylic acid groups (broad SMARTS) is 1. The molecule has 0 aliphatic carbocycles. The van der Waals surface area contributed by atoms with Gasteiger partial charge in [0.25, 0.3) is 0 Å². The number of nitrogens with two attached hydrogens (primary N) is 1. The summed E-state index contributed by atoms with van der Waals surface area (Å²) in [6, 6.07) is -0.857. The highest BCUT2D eigenvalue weighted by Gasteiger charge is 2.19. The van der Waals surface area contributed by atoms with Gasteiger partial charge in [-0.2, -0.15) is 0 Å². The van der Waals surface area contributed by atoms with Gasteiger partial charge in [-0.25, -0.2) is 4.79 Å². The predicted octanol–water partition coefficient (Wildman–Crippen LogP) is 13.4. The molecule has 55 heavy (non-hydrogen) atoms. The van der Waals surface area contributed by atoms with Crippen molar-refractivity contribution in [3.63, 3.8) is 0 Å². The van der Waals surface area contributed by atoms with E-state index in [-0.39, 0.29) is 18.0 Å². The zero-order valence-corrected chi connectivity index (χ0v) is 36.0. The van der Waals surface area contributed by atoms with Crippen LogP contribution >= 0.6 is 0 Å². The van der Waals surface area contributed by atoms with Gasteiger partial charge in [0.1, 0.15) is 12.1 Å². The molecule has 0 fully saturated rings. The van der Waals surface area contributed by atoms with E-state index < -0.39 is 12.0 Å². The molecular weight excluding hydrogens is 685 g/mol. The molecule has 1 amide bonds. The Morgan fingerprint density at radius 1 is 0.527 bits per heavy atom. The number of hydrogen-bond donors (Lipinski definition) is 3. The number of unbranched alkanes of at least 4 members (excludes halogenated alkanes) is 22. The Morgan fingerprint density at radius 2 is 0.945 bits per heavy atom. The topological polar surface area (TPSA) is 119 Å². The number of allylic oxidation sites excluding steroid dienone is 6. The fourth-order valence-corrected chi connectivity index (χ4v) is 6.93. The van der Waals surface area contributed by atoms with Crippen LogP contribution in [0.5, 0.6) is 0 Å². The van der Waals surface area contributed by atoms with Crippen molar-refractivity contribution in [2.45, 2.75) is 244 Å². The first-order valence-electron chi connectivity index (χ1n) is 23.3. The van der Waals surface area contributed by atoms with Gasteiger partial charge in [0, 0.05) is 12.8 Å². The summed E-state index contributed by atoms with van der Waals surface area (Å²) < 4.78 is 6.05. The Kier molecular flexibility index (Phi) is 40.9. The van der Waals surface area contributed by atoms with Crippen molar-refractivity contribution < 1.29 is 24.2 Å². The van der Waals surface area contributed by atoms with Gasteiger partial charge in [0.15, 0.2) is 0 Å². The maximum Gasteiger partial charge on any atom is 0.326 e. The third-order valence-electron chi connectivity index (χ3n) is 10.5. The molecule has 0 aromatic heterocycles. The van der Waals surface area contributed by atoms with E-state index in [9.17, 15) is 19.5 Å². The van der Waals surface area contributed by atoms with E-state index in [1.54, 1.807) is 0 Å². The SMILES string of the molecule is CCCCC/C=C\C/C=C\C/C=C\CCCCCCCCC(=O)OC(CCCCCCCCCCCC)CCCCCCCC(=O)NC(CCCN)C(=O)O. The first-order valence-corrected chi connectivity index (χ1v) is 23.3. The molecule has 4 N–H and O–H groups in total. The average molecular weight is 773 g/mol. The van der Waals surface area contributed by atoms with Crippen LogP contribution in [0, 0.1) is 0 Å². The first kappa shape index (κ1) is 52.6. The number of carbonyl (C=O) groups is 3. The Morgan fingerprint density at radius 3 is 1.45 bits per heavy atom. The van der Waals surface area contributed by atoms with E-state index in [2.05, 4.69) is 55.6 Å². The van der Waals surface area contributed by atoms with Gasteiger partial charge in [-0.1, -0.05) is 166 Å². The highest BCUT2D eigenvalue weighted by molar-refractivity contribution is 5.83. The van der Waals surface area contributed by atoms with Gasteiger partial charge in [0.05, 0.1) is 0 Å². The number of ether oxygens (including phenoxy) is 1. The molecule has 0 rings (SSSR count). The number of amides is 1. The third-order valence-corrected chi connectivity index (χ3v) is 10.5. The molecule has 0 saturated carbocycles. The normalized spacial score (nSPS) is 12.9. The van der Waals surface area contributed by atoms with Crippen molar-refractivity contribution in [3.8, 4) is 0 Å². The lowest BCUT2D eigenvalue weighted by molar-refractivity contribution is -0.150. The summed E-state index contributed by atoms with van der Waals surface area (Å²) in [4.78, 5) is 36.4. The maximum absolute atomic E-state index is 12.8. The van der Waals surface area contributed by atoms with Crippen LogP contribution in [-0.2, 0) is 19.1 Å². The summed E-state index contributed by atoms with van der Waals surface area (Å²) in [5, 5.41) is 11.9. The molecule has 2 unspecified atom stereocenters. The lowest BCUT2D eigenvalue weighted by Gasteiger charge is -2.18. The summed E-state index contributed by atoms with van der Waals surface area (Å²) in [7, 11) is 0. The minimum atomic E-state index is -1.00. The number of carbonyl (C=O) groups excluding carboxylic acids is 2. The zero-order chi connectivity index (χ0) is 40.3. The minimum Gasteiger partial charge on any atom is -0.480 e. The quantitative estimate of drug-likeness (QED) is 0.0323. The molecule has 7 heteroatoms. The van der Waals surface area contributed by atoms with E-state index in [0.29, 0.717) is 32.2 Å². The van der Waals surface area contributed by atoms with Gasteiger partial charge < -0.3 is 20.9 Å². The number of carboxylic acids is 1. The lowest BCUT2D eigenvalue weighted by atomic mass is 10.0. The molecule has 0 aliphatic heterocycles. The molecule has 0 radical (unpaired) electrons. The van der Waals surface area contributed by atoms with Crippen molar-refractivity contribution in [1.29, 1.82) is 0 Å². The van der Waals surface area contributed by atoms with E-state index in [4.69, 9.17) is 10.5 Å². The van der Waals surface area contributed by atoms with Crippen LogP contribution < -0.4 is 11.1 Å². The monoisotopic (exact) mass is 773 g/mol. The van der Waals surface area contributed by atoms with E-state index in [1.165, 1.54) is 109 Å². The van der Waals surface area contributed by atoms with Gasteiger partial charge >= 0.3 is 11.9 Å². The van der Waals surface area contributed by atoms with Gasteiger partial charge in [0.2, 0.25) is 5.91 Å². The van der Waals surface area contributed by atoms with Crippen LogP contribution in [0.1, 0.15) is 232 Å². The molecule has 0 aromatic rings. The fourth-order valence-electron chi connectivity index (χ4n) is 6.93. The molecule has 0 heterocycles. The maximum atomic E-state index is 12.8. The molecular formula is C48H88N2O5. The minimum absolute atomic E-state index is 0.00879.